The molecule has 0 bridgehead atoms. The van der Waals surface area contributed by atoms with E-state index in [0.717, 1.165) is 27.4 Å². The molecule has 0 radical (unpaired) electrons. The van der Waals surface area contributed by atoms with E-state index >= 15 is 0 Å². The summed E-state index contributed by atoms with van der Waals surface area (Å²) in [5, 5.41) is 14.7. The summed E-state index contributed by atoms with van der Waals surface area (Å²) in [6.45, 7) is 4.43. The molecule has 2 aromatic carbocycles. The largest absolute Gasteiger partial charge is 0.381 e. The predicted molar refractivity (Wildman–Crippen MR) is 81.3 cm³/mol. The van der Waals surface area contributed by atoms with E-state index in [2.05, 4.69) is 5.32 Å². The minimum atomic E-state index is -0.395. The molecule has 0 amide bonds. The topological polar surface area (TPSA) is 55.2 Å². The van der Waals surface area contributed by atoms with E-state index in [9.17, 15) is 10.1 Å². The Morgan fingerprint density at radius 1 is 1.15 bits per heavy atom. The molecule has 4 nitrogen and oxygen atoms in total. The summed E-state index contributed by atoms with van der Waals surface area (Å²) in [4.78, 5) is 10.4. The van der Waals surface area contributed by atoms with Gasteiger partial charge in [-0.3, -0.25) is 10.1 Å². The van der Waals surface area contributed by atoms with Crippen LogP contribution in [0.4, 0.5) is 11.4 Å². The summed E-state index contributed by atoms with van der Waals surface area (Å²) in [6.07, 6.45) is 0. The highest BCUT2D eigenvalue weighted by molar-refractivity contribution is 6.31. The monoisotopic (exact) mass is 290 g/mol. The van der Waals surface area contributed by atoms with E-state index in [-0.39, 0.29) is 5.69 Å². The number of aryl methyl sites for hydroxylation is 2. The van der Waals surface area contributed by atoms with Gasteiger partial charge in [0.1, 0.15) is 0 Å². The molecular formula is C15H15ClN2O2. The van der Waals surface area contributed by atoms with Crippen molar-refractivity contribution < 1.29 is 4.92 Å². The van der Waals surface area contributed by atoms with E-state index in [0.29, 0.717) is 6.54 Å². The molecule has 1 N–H and O–H groups in total. The van der Waals surface area contributed by atoms with Crippen molar-refractivity contribution in [3.8, 4) is 0 Å². The fraction of sp³-hybridized carbons (Fsp3) is 0.200. The Hall–Kier alpha value is -2.07. The summed E-state index contributed by atoms with van der Waals surface area (Å²) in [7, 11) is 0. The van der Waals surface area contributed by atoms with E-state index in [4.69, 9.17) is 11.6 Å². The number of anilines is 1. The number of nitro groups is 1. The summed E-state index contributed by atoms with van der Waals surface area (Å²) in [5.41, 5.74) is 3.87. The van der Waals surface area contributed by atoms with Crippen molar-refractivity contribution in [2.24, 2.45) is 0 Å². The van der Waals surface area contributed by atoms with Crippen LogP contribution in [0.1, 0.15) is 16.7 Å². The first-order valence-corrected chi connectivity index (χ1v) is 6.59. The maximum atomic E-state index is 10.8. The van der Waals surface area contributed by atoms with Gasteiger partial charge in [0.05, 0.1) is 4.92 Å². The zero-order valence-electron chi connectivity index (χ0n) is 11.3. The number of hydrogen-bond acceptors (Lipinski definition) is 3. The van der Waals surface area contributed by atoms with Gasteiger partial charge in [0.15, 0.2) is 0 Å². The molecule has 20 heavy (non-hydrogen) atoms. The lowest BCUT2D eigenvalue weighted by Gasteiger charge is -2.10. The Labute approximate surface area is 122 Å². The normalized spacial score (nSPS) is 10.3. The SMILES string of the molecule is Cc1ccc(CNc2cc([N+](=O)[O-])ccc2C)cc1Cl. The van der Waals surface area contributed by atoms with Crippen molar-refractivity contribution in [1.29, 1.82) is 0 Å². The van der Waals surface area contributed by atoms with Crippen LogP contribution in [0.25, 0.3) is 0 Å². The smallest absolute Gasteiger partial charge is 0.271 e. The van der Waals surface area contributed by atoms with Crippen LogP contribution in [0.3, 0.4) is 0 Å². The van der Waals surface area contributed by atoms with Gasteiger partial charge in [-0.2, -0.15) is 0 Å². The van der Waals surface area contributed by atoms with Crippen LogP contribution in [0.15, 0.2) is 36.4 Å². The minimum Gasteiger partial charge on any atom is -0.381 e. The molecule has 0 saturated heterocycles. The standard InChI is InChI=1S/C15H15ClN2O2/c1-10-3-5-12(7-14(10)16)9-17-15-8-13(18(19)20)6-4-11(15)2/h3-8,17H,9H2,1-2H3. The lowest BCUT2D eigenvalue weighted by atomic mass is 10.1. The quantitative estimate of drug-likeness (QED) is 0.667. The average molecular weight is 291 g/mol. The lowest BCUT2D eigenvalue weighted by molar-refractivity contribution is -0.384. The first-order valence-electron chi connectivity index (χ1n) is 6.21. The Balaban J connectivity index is 2.15. The van der Waals surface area contributed by atoms with Crippen LogP contribution in [0, 0.1) is 24.0 Å². The maximum Gasteiger partial charge on any atom is 0.271 e. The van der Waals surface area contributed by atoms with Gasteiger partial charge in [0.25, 0.3) is 5.69 Å². The van der Waals surface area contributed by atoms with Gasteiger partial charge in [-0.15, -0.1) is 0 Å². The Bertz CT molecular complexity index is 656. The molecule has 0 atom stereocenters. The molecule has 0 aliphatic carbocycles. The Morgan fingerprint density at radius 3 is 2.50 bits per heavy atom. The number of nitrogens with zero attached hydrogens (tertiary/aromatic N) is 1. The minimum absolute atomic E-state index is 0.0834. The maximum absolute atomic E-state index is 10.8. The molecular weight excluding hydrogens is 276 g/mol. The molecule has 0 saturated carbocycles. The number of halogens is 1. The fourth-order valence-corrected chi connectivity index (χ4v) is 2.06. The second kappa shape index (κ2) is 5.92. The van der Waals surface area contributed by atoms with Crippen LogP contribution in [0.5, 0.6) is 0 Å². The van der Waals surface area contributed by atoms with Crippen molar-refractivity contribution >= 4 is 23.0 Å². The molecule has 2 aromatic rings. The third-order valence-electron chi connectivity index (χ3n) is 3.15. The molecule has 0 unspecified atom stereocenters. The second-order valence-electron chi connectivity index (χ2n) is 4.69. The molecule has 0 fully saturated rings. The number of nitro benzene ring substituents is 1. The molecule has 104 valence electrons. The van der Waals surface area contributed by atoms with Crippen molar-refractivity contribution in [1.82, 2.24) is 0 Å². The summed E-state index contributed by atoms with van der Waals surface area (Å²) >= 11 is 6.08. The highest BCUT2D eigenvalue weighted by Crippen LogP contribution is 2.23. The van der Waals surface area contributed by atoms with Crippen molar-refractivity contribution in [2.75, 3.05) is 5.32 Å². The van der Waals surface area contributed by atoms with Gasteiger partial charge in [-0.05, 0) is 36.6 Å². The van der Waals surface area contributed by atoms with Crippen molar-refractivity contribution in [3.63, 3.8) is 0 Å². The zero-order valence-corrected chi connectivity index (χ0v) is 12.1. The number of nitrogens with one attached hydrogen (secondary N) is 1. The molecule has 0 spiro atoms. The fourth-order valence-electron chi connectivity index (χ4n) is 1.86. The van der Waals surface area contributed by atoms with Gasteiger partial charge in [0.2, 0.25) is 0 Å². The van der Waals surface area contributed by atoms with Crippen LogP contribution < -0.4 is 5.32 Å². The van der Waals surface area contributed by atoms with E-state index < -0.39 is 4.92 Å². The average Bonchev–Trinajstić information content (AvgIpc) is 2.41. The van der Waals surface area contributed by atoms with E-state index in [1.807, 2.05) is 32.0 Å². The number of rotatable bonds is 4. The van der Waals surface area contributed by atoms with Crippen molar-refractivity contribution in [3.05, 3.63) is 68.2 Å². The Kier molecular flexibility index (Phi) is 4.25. The summed E-state index contributed by atoms with van der Waals surface area (Å²) in [5.74, 6) is 0. The first-order chi connectivity index (χ1) is 9.47. The highest BCUT2D eigenvalue weighted by atomic mass is 35.5. The van der Waals surface area contributed by atoms with Gasteiger partial charge in [-0.1, -0.05) is 29.8 Å². The number of non-ortho nitro benzene ring substituents is 1. The zero-order chi connectivity index (χ0) is 14.7. The Morgan fingerprint density at radius 2 is 1.85 bits per heavy atom. The van der Waals surface area contributed by atoms with E-state index in [1.54, 1.807) is 12.1 Å². The third kappa shape index (κ3) is 3.27. The van der Waals surface area contributed by atoms with E-state index in [1.165, 1.54) is 6.07 Å². The van der Waals surface area contributed by atoms with Gasteiger partial charge in [-0.25, -0.2) is 0 Å². The van der Waals surface area contributed by atoms with Crippen LogP contribution >= 0.6 is 11.6 Å². The molecule has 0 aromatic heterocycles. The van der Waals surface area contributed by atoms with Crippen LogP contribution in [-0.2, 0) is 6.54 Å². The third-order valence-corrected chi connectivity index (χ3v) is 3.56. The second-order valence-corrected chi connectivity index (χ2v) is 5.10. The molecule has 2 rings (SSSR count). The number of hydrogen-bond donors (Lipinski definition) is 1. The lowest BCUT2D eigenvalue weighted by Crippen LogP contribution is -2.02. The molecule has 0 heterocycles. The molecule has 0 aliphatic heterocycles. The first kappa shape index (κ1) is 14.3. The summed E-state index contributed by atoms with van der Waals surface area (Å²) in [6, 6.07) is 10.6. The van der Waals surface area contributed by atoms with Crippen molar-refractivity contribution in [2.45, 2.75) is 20.4 Å². The molecule has 5 heteroatoms. The summed E-state index contributed by atoms with van der Waals surface area (Å²) < 4.78 is 0. The predicted octanol–water partition coefficient (Wildman–Crippen LogP) is 4.48. The van der Waals surface area contributed by atoms with Crippen LogP contribution in [-0.4, -0.2) is 4.92 Å². The molecule has 0 aliphatic rings. The number of benzene rings is 2. The van der Waals surface area contributed by atoms with Gasteiger partial charge < -0.3 is 5.32 Å². The van der Waals surface area contributed by atoms with Gasteiger partial charge in [0, 0.05) is 29.4 Å². The highest BCUT2D eigenvalue weighted by Gasteiger charge is 2.08. The van der Waals surface area contributed by atoms with Crippen LogP contribution in [0.2, 0.25) is 5.02 Å². The van der Waals surface area contributed by atoms with Gasteiger partial charge >= 0.3 is 0 Å².